The lowest BCUT2D eigenvalue weighted by molar-refractivity contribution is 0.0964. The van der Waals surface area contributed by atoms with E-state index in [1.54, 1.807) is 0 Å². The van der Waals surface area contributed by atoms with Gasteiger partial charge in [0.15, 0.2) is 0 Å². The SMILES string of the molecule is CNC(=O)c1sc(Cl)cc1S(=O)(=O)N(C)C. The maximum Gasteiger partial charge on any atom is 0.262 e. The minimum atomic E-state index is -3.64. The molecule has 0 atom stereocenters. The van der Waals surface area contributed by atoms with Gasteiger partial charge in [-0.2, -0.15) is 0 Å². The molecule has 1 amide bonds. The molecular weight excluding hydrogens is 272 g/mol. The lowest BCUT2D eigenvalue weighted by Gasteiger charge is -2.10. The van der Waals surface area contributed by atoms with Crippen LogP contribution in [0.1, 0.15) is 9.67 Å². The number of halogens is 1. The van der Waals surface area contributed by atoms with Crippen molar-refractivity contribution in [1.82, 2.24) is 9.62 Å². The Kier molecular flexibility index (Phi) is 3.95. The standard InChI is InChI=1S/C8H11ClN2O3S2/c1-10-8(12)7-5(4-6(9)15-7)16(13,14)11(2)3/h4H,1-3H3,(H,10,12). The van der Waals surface area contributed by atoms with Gasteiger partial charge in [-0.1, -0.05) is 11.6 Å². The number of hydrogen-bond donors (Lipinski definition) is 1. The fourth-order valence-corrected chi connectivity index (χ4v) is 3.64. The van der Waals surface area contributed by atoms with Crippen molar-refractivity contribution >= 4 is 38.9 Å². The summed E-state index contributed by atoms with van der Waals surface area (Å²) in [6.07, 6.45) is 0. The molecule has 0 saturated heterocycles. The van der Waals surface area contributed by atoms with E-state index in [2.05, 4.69) is 5.32 Å². The summed E-state index contributed by atoms with van der Waals surface area (Å²) >= 11 is 6.67. The normalized spacial score (nSPS) is 11.8. The predicted octanol–water partition coefficient (Wildman–Crippen LogP) is 1.01. The second kappa shape index (κ2) is 4.70. The van der Waals surface area contributed by atoms with Crippen LogP contribution in [0.4, 0.5) is 0 Å². The molecule has 0 saturated carbocycles. The summed E-state index contributed by atoms with van der Waals surface area (Å²) in [6.45, 7) is 0. The molecular formula is C8H11ClN2O3S2. The molecule has 0 spiro atoms. The minimum Gasteiger partial charge on any atom is -0.354 e. The molecule has 16 heavy (non-hydrogen) atoms. The van der Waals surface area contributed by atoms with Gasteiger partial charge in [0.1, 0.15) is 9.77 Å². The zero-order valence-electron chi connectivity index (χ0n) is 8.94. The number of rotatable bonds is 3. The van der Waals surface area contributed by atoms with Gasteiger partial charge in [-0.3, -0.25) is 4.79 Å². The van der Waals surface area contributed by atoms with Crippen LogP contribution in [0.3, 0.4) is 0 Å². The van der Waals surface area contributed by atoms with E-state index in [0.717, 1.165) is 15.6 Å². The van der Waals surface area contributed by atoms with Crippen LogP contribution in [-0.2, 0) is 10.0 Å². The number of amides is 1. The smallest absolute Gasteiger partial charge is 0.262 e. The van der Waals surface area contributed by atoms with Crippen LogP contribution in [0.15, 0.2) is 11.0 Å². The zero-order valence-corrected chi connectivity index (χ0v) is 11.3. The molecule has 1 rings (SSSR count). The van der Waals surface area contributed by atoms with Crippen LogP contribution in [-0.4, -0.2) is 39.8 Å². The van der Waals surface area contributed by atoms with E-state index < -0.39 is 15.9 Å². The summed E-state index contributed by atoms with van der Waals surface area (Å²) in [5.74, 6) is -0.461. The average molecular weight is 283 g/mol. The Labute approximate surface area is 103 Å². The maximum atomic E-state index is 11.9. The summed E-state index contributed by atoms with van der Waals surface area (Å²) in [5.41, 5.74) is 0. The van der Waals surface area contributed by atoms with Crippen molar-refractivity contribution in [2.75, 3.05) is 21.1 Å². The first-order chi connectivity index (χ1) is 7.30. The third kappa shape index (κ3) is 2.37. The average Bonchev–Trinajstić information content (AvgIpc) is 2.59. The molecule has 5 nitrogen and oxygen atoms in total. The number of carbonyl (C=O) groups is 1. The van der Waals surface area contributed by atoms with Crippen LogP contribution in [0.25, 0.3) is 0 Å². The van der Waals surface area contributed by atoms with Crippen LogP contribution in [0.5, 0.6) is 0 Å². The summed E-state index contributed by atoms with van der Waals surface area (Å²) in [6, 6.07) is 1.28. The van der Waals surface area contributed by atoms with Gasteiger partial charge in [0.25, 0.3) is 5.91 Å². The van der Waals surface area contributed by atoms with E-state index in [4.69, 9.17) is 11.6 Å². The molecule has 90 valence electrons. The number of nitrogens with one attached hydrogen (secondary N) is 1. The summed E-state index contributed by atoms with van der Waals surface area (Å²) in [7, 11) is 0.584. The Balaban J connectivity index is 3.40. The number of carbonyl (C=O) groups excluding carboxylic acids is 1. The monoisotopic (exact) mass is 282 g/mol. The molecule has 1 aromatic heterocycles. The van der Waals surface area contributed by atoms with E-state index in [1.807, 2.05) is 0 Å². The molecule has 0 unspecified atom stereocenters. The van der Waals surface area contributed by atoms with Gasteiger partial charge < -0.3 is 5.32 Å². The highest BCUT2D eigenvalue weighted by atomic mass is 35.5. The van der Waals surface area contributed by atoms with Crippen molar-refractivity contribution < 1.29 is 13.2 Å². The van der Waals surface area contributed by atoms with Gasteiger partial charge in [-0.05, 0) is 6.07 Å². The summed E-state index contributed by atoms with van der Waals surface area (Å²) < 4.78 is 25.1. The van der Waals surface area contributed by atoms with Crippen LogP contribution in [0, 0.1) is 0 Å². The second-order valence-electron chi connectivity index (χ2n) is 3.11. The zero-order chi connectivity index (χ0) is 12.5. The lowest BCUT2D eigenvalue weighted by Crippen LogP contribution is -2.25. The van der Waals surface area contributed by atoms with Crippen molar-refractivity contribution in [3.05, 3.63) is 15.3 Å². The van der Waals surface area contributed by atoms with Gasteiger partial charge in [-0.15, -0.1) is 11.3 Å². The third-order valence-corrected chi connectivity index (χ3v) is 5.09. The van der Waals surface area contributed by atoms with Gasteiger partial charge >= 0.3 is 0 Å². The summed E-state index contributed by atoms with van der Waals surface area (Å²) in [5, 5.41) is 2.38. The van der Waals surface area contributed by atoms with Gasteiger partial charge in [0, 0.05) is 21.1 Å². The quantitative estimate of drug-likeness (QED) is 0.900. The highest BCUT2D eigenvalue weighted by molar-refractivity contribution is 7.89. The highest BCUT2D eigenvalue weighted by Crippen LogP contribution is 2.31. The molecule has 1 N–H and O–H groups in total. The molecule has 0 fully saturated rings. The van der Waals surface area contributed by atoms with E-state index in [0.29, 0.717) is 0 Å². The number of hydrogen-bond acceptors (Lipinski definition) is 4. The van der Waals surface area contributed by atoms with E-state index in [9.17, 15) is 13.2 Å². The minimum absolute atomic E-state index is 0.0631. The van der Waals surface area contributed by atoms with Crippen molar-refractivity contribution in [3.63, 3.8) is 0 Å². The van der Waals surface area contributed by atoms with Gasteiger partial charge in [-0.25, -0.2) is 12.7 Å². The van der Waals surface area contributed by atoms with E-state index in [1.165, 1.54) is 27.2 Å². The second-order valence-corrected chi connectivity index (χ2v) is 6.91. The molecule has 0 radical (unpaired) electrons. The molecule has 1 heterocycles. The summed E-state index contributed by atoms with van der Waals surface area (Å²) in [4.78, 5) is 11.5. The Bertz CT molecular complexity index is 507. The van der Waals surface area contributed by atoms with Crippen LogP contribution in [0.2, 0.25) is 4.34 Å². The first-order valence-electron chi connectivity index (χ1n) is 4.24. The molecule has 0 aliphatic rings. The van der Waals surface area contributed by atoms with Crippen molar-refractivity contribution in [2.45, 2.75) is 4.90 Å². The highest BCUT2D eigenvalue weighted by Gasteiger charge is 2.27. The Morgan fingerprint density at radius 3 is 2.50 bits per heavy atom. The number of sulfonamides is 1. The molecule has 0 bridgehead atoms. The molecule has 8 heteroatoms. The van der Waals surface area contributed by atoms with Crippen molar-refractivity contribution in [1.29, 1.82) is 0 Å². The fraction of sp³-hybridized carbons (Fsp3) is 0.375. The fourth-order valence-electron chi connectivity index (χ4n) is 1.01. The van der Waals surface area contributed by atoms with Crippen LogP contribution >= 0.6 is 22.9 Å². The van der Waals surface area contributed by atoms with Crippen molar-refractivity contribution in [2.24, 2.45) is 0 Å². The molecule has 1 aromatic rings. The van der Waals surface area contributed by atoms with E-state index >= 15 is 0 Å². The number of nitrogens with zero attached hydrogens (tertiary/aromatic N) is 1. The Morgan fingerprint density at radius 2 is 2.06 bits per heavy atom. The lowest BCUT2D eigenvalue weighted by atomic mass is 10.4. The molecule has 0 aromatic carbocycles. The third-order valence-electron chi connectivity index (χ3n) is 1.86. The van der Waals surface area contributed by atoms with Gasteiger partial charge in [0.2, 0.25) is 10.0 Å². The van der Waals surface area contributed by atoms with Crippen LogP contribution < -0.4 is 5.32 Å². The van der Waals surface area contributed by atoms with E-state index in [-0.39, 0.29) is 14.1 Å². The molecule has 0 aliphatic heterocycles. The van der Waals surface area contributed by atoms with Gasteiger partial charge in [0.05, 0.1) is 4.34 Å². The Hall–Kier alpha value is -0.630. The largest absolute Gasteiger partial charge is 0.354 e. The first kappa shape index (κ1) is 13.4. The Morgan fingerprint density at radius 1 is 1.50 bits per heavy atom. The topological polar surface area (TPSA) is 66.5 Å². The maximum absolute atomic E-state index is 11.9. The first-order valence-corrected chi connectivity index (χ1v) is 6.88. The number of thiophene rings is 1. The molecule has 0 aliphatic carbocycles. The van der Waals surface area contributed by atoms with Crippen molar-refractivity contribution in [3.8, 4) is 0 Å². The predicted molar refractivity (Wildman–Crippen MR) is 63.6 cm³/mol.